The first kappa shape index (κ1) is 45.3. The number of halogens is 4. The number of nitrogens with zero attached hydrogens (tertiary/aromatic N) is 4. The Balaban J connectivity index is 1.03. The molecule has 2 aromatic carbocycles. The second kappa shape index (κ2) is 21.0. The van der Waals surface area contributed by atoms with Crippen LogP contribution >= 0.6 is 11.6 Å². The molecule has 0 saturated carbocycles. The van der Waals surface area contributed by atoms with Crippen LogP contribution in [0, 0.1) is 0 Å². The Labute approximate surface area is 355 Å². The van der Waals surface area contributed by atoms with Crippen LogP contribution in [0.4, 0.5) is 34.1 Å². The number of likely N-dealkylation sites (tertiary alicyclic amines) is 3. The Kier molecular flexibility index (Phi) is 15.8. The highest BCUT2D eigenvalue weighted by molar-refractivity contribution is 6.33. The largest absolute Gasteiger partial charge is 0.465 e. The Morgan fingerprint density at radius 3 is 2.30 bits per heavy atom. The molecule has 2 aromatic rings. The Morgan fingerprint density at radius 1 is 0.917 bits per heavy atom. The van der Waals surface area contributed by atoms with Crippen molar-refractivity contribution < 1.29 is 41.8 Å². The van der Waals surface area contributed by atoms with Gasteiger partial charge in [0.15, 0.2) is 6.10 Å². The lowest BCUT2D eigenvalue weighted by molar-refractivity contribution is -0.143. The van der Waals surface area contributed by atoms with E-state index in [9.17, 15) is 32.3 Å². The monoisotopic (exact) mass is 861 g/mol. The summed E-state index contributed by atoms with van der Waals surface area (Å²) in [6.07, 6.45) is 1.73. The van der Waals surface area contributed by atoms with Crippen LogP contribution in [0.1, 0.15) is 87.8 Å². The number of carbonyl (C=O) groups excluding carboxylic acids is 4. The van der Waals surface area contributed by atoms with Crippen molar-refractivity contribution in [1.82, 2.24) is 24.9 Å². The predicted molar refractivity (Wildman–Crippen MR) is 223 cm³/mol. The van der Waals surface area contributed by atoms with E-state index < -0.39 is 35.5 Å². The molecule has 4 amide bonds. The number of nitrogens with two attached hydrogens (primary N) is 1. The summed E-state index contributed by atoms with van der Waals surface area (Å²) in [5.41, 5.74) is 5.85. The Morgan fingerprint density at radius 2 is 1.60 bits per heavy atom. The molecule has 0 aromatic heterocycles. The van der Waals surface area contributed by atoms with Gasteiger partial charge in [0.1, 0.15) is 0 Å². The number of alkyl halides is 3. The van der Waals surface area contributed by atoms with Gasteiger partial charge in [-0.05, 0) is 93.8 Å². The van der Waals surface area contributed by atoms with E-state index in [1.54, 1.807) is 9.80 Å². The quantitative estimate of drug-likeness (QED) is 0.107. The molecular weight excluding hydrogens is 803 g/mol. The number of benzene rings is 2. The number of urea groups is 1. The van der Waals surface area contributed by atoms with Crippen molar-refractivity contribution >= 4 is 47.0 Å². The third-order valence-corrected chi connectivity index (χ3v) is 12.7. The number of unbranched alkanes of at least 4 members (excludes halogenated alkanes) is 3. The maximum Gasteiger partial charge on any atom is 0.418 e. The Bertz CT molecular complexity index is 1800. The number of esters is 1. The van der Waals surface area contributed by atoms with Crippen molar-refractivity contribution in [3.8, 4) is 0 Å². The number of fused-ring (bicyclic) bond motifs is 1. The molecule has 4 N–H and O–H groups in total. The molecule has 330 valence electrons. The fraction of sp³-hybridized carbons (Fsp3) is 0.628. The van der Waals surface area contributed by atoms with Crippen molar-refractivity contribution in [3.05, 3.63) is 58.1 Å². The van der Waals surface area contributed by atoms with E-state index in [0.717, 1.165) is 68.9 Å². The molecule has 60 heavy (non-hydrogen) atoms. The maximum atomic E-state index is 14.2. The molecule has 0 bridgehead atoms. The van der Waals surface area contributed by atoms with Crippen molar-refractivity contribution in [2.45, 2.75) is 114 Å². The van der Waals surface area contributed by atoms with Crippen LogP contribution < -0.4 is 16.4 Å². The number of nitrogens with one attached hydrogen (secondary N) is 2. The normalized spacial score (nSPS) is 19.4. The second-order valence-electron chi connectivity index (χ2n) is 16.4. The van der Waals surface area contributed by atoms with Crippen LogP contribution in [0.3, 0.4) is 0 Å². The molecule has 3 saturated heterocycles. The average Bonchev–Trinajstić information content (AvgIpc) is 3.41. The standard InChI is InChI=1S/C43H59ClF3N7O6/c1-2-3-4-7-24-59-38(55)28-49-31-11-17-51(18-12-31)32-13-19-52(20-14-32)40(56)37(27-29-25-34(43(45,46)47)39(48)35(44)26-29)60-42(58)53-21-15-33(16-22-53)54-23-10-30-8-5-6-9-36(30)50-41(54)57/h5-6,8-9,25-26,31-33,37,49H,2-4,7,10-24,27-28,48H2,1H3,(H,50,57)/t37-/m1/s1. The molecular formula is C43H59ClF3N7O6. The summed E-state index contributed by atoms with van der Waals surface area (Å²) in [5.74, 6) is -0.718. The minimum absolute atomic E-state index is 0.0613. The number of piperidine rings is 3. The summed E-state index contributed by atoms with van der Waals surface area (Å²) >= 11 is 6.15. The lowest BCUT2D eigenvalue weighted by atomic mass is 9.97. The van der Waals surface area contributed by atoms with Crippen LogP contribution in [-0.4, -0.2) is 127 Å². The fourth-order valence-electron chi connectivity index (χ4n) is 8.83. The number of hydrogen-bond donors (Lipinski definition) is 3. The lowest BCUT2D eigenvalue weighted by Gasteiger charge is -2.42. The maximum absolute atomic E-state index is 14.2. The lowest BCUT2D eigenvalue weighted by Crippen LogP contribution is -2.54. The number of rotatable bonds is 14. The molecule has 3 fully saturated rings. The number of nitrogen functional groups attached to an aromatic ring is 1. The topological polar surface area (TPSA) is 150 Å². The Hall–Kier alpha value is -4.28. The van der Waals surface area contributed by atoms with Crippen molar-refractivity contribution in [2.24, 2.45) is 0 Å². The summed E-state index contributed by atoms with van der Waals surface area (Å²) in [7, 11) is 0. The number of para-hydroxylation sites is 1. The van der Waals surface area contributed by atoms with Crippen LogP contribution in [0.25, 0.3) is 0 Å². The van der Waals surface area contributed by atoms with Gasteiger partial charge in [-0.2, -0.15) is 13.2 Å². The average molecular weight is 862 g/mol. The number of anilines is 2. The molecule has 0 radical (unpaired) electrons. The van der Waals surface area contributed by atoms with E-state index >= 15 is 0 Å². The zero-order chi connectivity index (χ0) is 42.8. The molecule has 0 unspecified atom stereocenters. The van der Waals surface area contributed by atoms with E-state index in [2.05, 4.69) is 22.5 Å². The predicted octanol–water partition coefficient (Wildman–Crippen LogP) is 6.71. The summed E-state index contributed by atoms with van der Waals surface area (Å²) < 4.78 is 53.0. The van der Waals surface area contributed by atoms with Gasteiger partial charge >= 0.3 is 24.3 Å². The highest BCUT2D eigenvalue weighted by Gasteiger charge is 2.38. The number of hydrogen-bond acceptors (Lipinski definition) is 9. The second-order valence-corrected chi connectivity index (χ2v) is 16.8. The molecule has 0 spiro atoms. The van der Waals surface area contributed by atoms with E-state index in [-0.39, 0.29) is 66.8 Å². The van der Waals surface area contributed by atoms with Crippen LogP contribution in [0.2, 0.25) is 5.02 Å². The summed E-state index contributed by atoms with van der Waals surface area (Å²) in [4.78, 5) is 60.5. The van der Waals surface area contributed by atoms with E-state index in [1.807, 2.05) is 24.3 Å². The zero-order valence-corrected chi connectivity index (χ0v) is 35.2. The molecule has 17 heteroatoms. The smallest absolute Gasteiger partial charge is 0.418 e. The number of ether oxygens (including phenoxy) is 2. The van der Waals surface area contributed by atoms with Crippen molar-refractivity contribution in [1.29, 1.82) is 0 Å². The summed E-state index contributed by atoms with van der Waals surface area (Å²) in [6, 6.07) is 9.94. The van der Waals surface area contributed by atoms with Crippen molar-refractivity contribution in [2.75, 3.05) is 70.0 Å². The van der Waals surface area contributed by atoms with Gasteiger partial charge in [0, 0.05) is 63.0 Å². The first-order chi connectivity index (χ1) is 28.8. The highest BCUT2D eigenvalue weighted by Crippen LogP contribution is 2.38. The van der Waals surface area contributed by atoms with Gasteiger partial charge < -0.3 is 45.4 Å². The van der Waals surface area contributed by atoms with Gasteiger partial charge in [0.25, 0.3) is 5.91 Å². The van der Waals surface area contributed by atoms with Crippen LogP contribution in [0.15, 0.2) is 36.4 Å². The first-order valence-electron chi connectivity index (χ1n) is 21.5. The van der Waals surface area contributed by atoms with Gasteiger partial charge in [-0.25, -0.2) is 9.59 Å². The van der Waals surface area contributed by atoms with Gasteiger partial charge in [0.2, 0.25) is 0 Å². The van der Waals surface area contributed by atoms with Crippen molar-refractivity contribution in [3.63, 3.8) is 0 Å². The number of amides is 4. The zero-order valence-electron chi connectivity index (χ0n) is 34.5. The highest BCUT2D eigenvalue weighted by atomic mass is 35.5. The summed E-state index contributed by atoms with van der Waals surface area (Å²) in [6.45, 7) is 6.32. The molecule has 4 heterocycles. The minimum Gasteiger partial charge on any atom is -0.465 e. The van der Waals surface area contributed by atoms with Gasteiger partial charge in [0.05, 0.1) is 29.4 Å². The minimum atomic E-state index is -4.79. The summed E-state index contributed by atoms with van der Waals surface area (Å²) in [5, 5.41) is 6.02. The van der Waals surface area contributed by atoms with E-state index in [4.69, 9.17) is 26.8 Å². The van der Waals surface area contributed by atoms with E-state index in [1.165, 1.54) is 11.0 Å². The molecule has 4 aliphatic heterocycles. The number of carbonyl (C=O) groups is 4. The molecule has 6 rings (SSSR count). The van der Waals surface area contributed by atoms with Crippen LogP contribution in [0.5, 0.6) is 0 Å². The molecule has 13 nitrogen and oxygen atoms in total. The first-order valence-corrected chi connectivity index (χ1v) is 21.9. The SMILES string of the molecule is CCCCCCOC(=O)CNC1CCN(C2CCN(C(=O)[C@@H](Cc3cc(Cl)c(N)c(C(F)(F)F)c3)OC(=O)N3CCC(N4CCc5ccccc5NC4=O)CC3)CC2)CC1. The van der Waals surface area contributed by atoms with Gasteiger partial charge in [-0.1, -0.05) is 56.0 Å². The third-order valence-electron chi connectivity index (χ3n) is 12.4. The third kappa shape index (κ3) is 12.0. The van der Waals surface area contributed by atoms with Gasteiger partial charge in [-0.3, -0.25) is 9.59 Å². The molecule has 1 atom stereocenters. The van der Waals surface area contributed by atoms with Crippen LogP contribution in [-0.2, 0) is 38.1 Å². The van der Waals surface area contributed by atoms with Gasteiger partial charge in [-0.15, -0.1) is 0 Å². The van der Waals surface area contributed by atoms with E-state index in [0.29, 0.717) is 58.3 Å². The molecule has 0 aliphatic carbocycles. The fourth-order valence-corrected chi connectivity index (χ4v) is 9.07. The molecule has 4 aliphatic rings.